The highest BCUT2D eigenvalue weighted by atomic mass is 19.4. The topological polar surface area (TPSA) is 61.6 Å². The Morgan fingerprint density at radius 3 is 2.58 bits per heavy atom. The van der Waals surface area contributed by atoms with Crippen LogP contribution in [0.5, 0.6) is 11.5 Å². The van der Waals surface area contributed by atoms with E-state index in [0.29, 0.717) is 47.8 Å². The zero-order valence-corrected chi connectivity index (χ0v) is 17.9. The highest BCUT2D eigenvalue weighted by Crippen LogP contribution is 2.42. The van der Waals surface area contributed by atoms with Crippen molar-refractivity contribution in [1.29, 1.82) is 0 Å². The molecule has 0 spiro atoms. The van der Waals surface area contributed by atoms with Gasteiger partial charge in [-0.1, -0.05) is 6.92 Å². The number of anilines is 1. The standard InChI is InChI=1S/C21H27F3N4O3/c1-4-20(21(22,23)24)13-27(9-10-31-20)19-26-25-18(28(19)12-14-5-6-14)16-8-7-15(29-2)11-17(16)30-3/h7-8,11,14H,4-6,9-10,12-13H2,1-3H3. The zero-order chi connectivity index (χ0) is 22.2. The number of hydrogen-bond acceptors (Lipinski definition) is 6. The van der Waals surface area contributed by atoms with Crippen LogP contribution >= 0.6 is 0 Å². The lowest BCUT2D eigenvalue weighted by molar-refractivity contribution is -0.280. The third kappa shape index (κ3) is 4.05. The molecular formula is C21H27F3N4O3. The second-order valence-electron chi connectivity index (χ2n) is 8.06. The lowest BCUT2D eigenvalue weighted by Crippen LogP contribution is -2.60. The summed E-state index contributed by atoms with van der Waals surface area (Å²) in [6, 6.07) is 5.39. The lowest BCUT2D eigenvalue weighted by Gasteiger charge is -2.43. The van der Waals surface area contributed by atoms with Crippen molar-refractivity contribution in [2.24, 2.45) is 5.92 Å². The Balaban J connectivity index is 1.74. The monoisotopic (exact) mass is 440 g/mol. The van der Waals surface area contributed by atoms with Crippen LogP contribution in [0, 0.1) is 5.92 Å². The fourth-order valence-corrected chi connectivity index (χ4v) is 3.98. The third-order valence-corrected chi connectivity index (χ3v) is 6.07. The van der Waals surface area contributed by atoms with Gasteiger partial charge in [-0.05, 0) is 37.3 Å². The number of alkyl halides is 3. The number of nitrogens with zero attached hydrogens (tertiary/aromatic N) is 4. The number of ether oxygens (including phenoxy) is 3. The minimum Gasteiger partial charge on any atom is -0.497 e. The van der Waals surface area contributed by atoms with E-state index in [1.807, 2.05) is 10.6 Å². The molecule has 1 saturated carbocycles. The van der Waals surface area contributed by atoms with E-state index in [1.165, 1.54) is 6.92 Å². The van der Waals surface area contributed by atoms with E-state index in [-0.39, 0.29) is 19.6 Å². The van der Waals surface area contributed by atoms with Gasteiger partial charge in [0.05, 0.1) is 32.9 Å². The van der Waals surface area contributed by atoms with E-state index in [4.69, 9.17) is 14.2 Å². The molecule has 1 aromatic carbocycles. The lowest BCUT2D eigenvalue weighted by atomic mass is 9.97. The van der Waals surface area contributed by atoms with Crippen LogP contribution in [0.25, 0.3) is 11.4 Å². The van der Waals surface area contributed by atoms with E-state index in [1.54, 1.807) is 31.3 Å². The Morgan fingerprint density at radius 2 is 1.97 bits per heavy atom. The van der Waals surface area contributed by atoms with Crippen molar-refractivity contribution in [3.8, 4) is 22.9 Å². The summed E-state index contributed by atoms with van der Waals surface area (Å²) >= 11 is 0. The molecule has 10 heteroatoms. The molecule has 2 aromatic rings. The summed E-state index contributed by atoms with van der Waals surface area (Å²) < 4.78 is 59.4. The van der Waals surface area contributed by atoms with Crippen LogP contribution in [0.1, 0.15) is 26.2 Å². The zero-order valence-electron chi connectivity index (χ0n) is 17.9. The average molecular weight is 440 g/mol. The number of rotatable bonds is 7. The molecule has 1 saturated heterocycles. The molecule has 1 unspecified atom stereocenters. The summed E-state index contributed by atoms with van der Waals surface area (Å²) in [7, 11) is 3.13. The number of methoxy groups -OCH3 is 2. The first-order valence-corrected chi connectivity index (χ1v) is 10.4. The first kappa shape index (κ1) is 21.7. The Labute approximate surface area is 179 Å². The predicted molar refractivity (Wildman–Crippen MR) is 109 cm³/mol. The summed E-state index contributed by atoms with van der Waals surface area (Å²) in [6.45, 7) is 2.13. The molecule has 2 fully saturated rings. The van der Waals surface area contributed by atoms with Crippen LogP contribution < -0.4 is 14.4 Å². The van der Waals surface area contributed by atoms with Gasteiger partial charge >= 0.3 is 6.18 Å². The van der Waals surface area contributed by atoms with Gasteiger partial charge in [0.25, 0.3) is 0 Å². The van der Waals surface area contributed by atoms with E-state index < -0.39 is 11.8 Å². The first-order chi connectivity index (χ1) is 14.8. The molecule has 4 rings (SSSR count). The van der Waals surface area contributed by atoms with E-state index in [9.17, 15) is 13.2 Å². The highest BCUT2D eigenvalue weighted by Gasteiger charge is 2.57. The summed E-state index contributed by atoms with van der Waals surface area (Å²) in [5.41, 5.74) is -1.49. The van der Waals surface area contributed by atoms with Crippen molar-refractivity contribution in [2.75, 3.05) is 38.8 Å². The van der Waals surface area contributed by atoms with Crippen LogP contribution in [0.3, 0.4) is 0 Å². The van der Waals surface area contributed by atoms with E-state index in [0.717, 1.165) is 12.8 Å². The number of halogens is 3. The Bertz CT molecular complexity index is 929. The molecule has 1 atom stereocenters. The fraction of sp³-hybridized carbons (Fsp3) is 0.619. The van der Waals surface area contributed by atoms with E-state index in [2.05, 4.69) is 10.2 Å². The first-order valence-electron chi connectivity index (χ1n) is 10.4. The highest BCUT2D eigenvalue weighted by molar-refractivity contribution is 5.67. The molecule has 0 amide bonds. The predicted octanol–water partition coefficient (Wildman–Crippen LogP) is 3.92. The maximum absolute atomic E-state index is 13.8. The molecular weight excluding hydrogens is 413 g/mol. The molecule has 31 heavy (non-hydrogen) atoms. The van der Waals surface area contributed by atoms with Crippen molar-refractivity contribution >= 4 is 5.95 Å². The van der Waals surface area contributed by atoms with Crippen molar-refractivity contribution in [1.82, 2.24) is 14.8 Å². The normalized spacial score (nSPS) is 21.9. The summed E-state index contributed by atoms with van der Waals surface area (Å²) in [4.78, 5) is 1.65. The molecule has 0 N–H and O–H groups in total. The maximum atomic E-state index is 13.8. The van der Waals surface area contributed by atoms with Gasteiger partial charge < -0.3 is 19.1 Å². The smallest absolute Gasteiger partial charge is 0.419 e. The molecule has 1 aromatic heterocycles. The molecule has 0 bridgehead atoms. The van der Waals surface area contributed by atoms with Gasteiger partial charge in [-0.3, -0.25) is 4.57 Å². The van der Waals surface area contributed by atoms with Crippen molar-refractivity contribution in [3.05, 3.63) is 18.2 Å². The number of hydrogen-bond donors (Lipinski definition) is 0. The van der Waals surface area contributed by atoms with Gasteiger partial charge in [0.2, 0.25) is 5.95 Å². The largest absolute Gasteiger partial charge is 0.497 e. The SMILES string of the molecule is CCC1(C(F)(F)F)CN(c2nnc(-c3ccc(OC)cc3OC)n2CC2CC2)CCO1. The Hall–Kier alpha value is -2.49. The van der Waals surface area contributed by atoms with Gasteiger partial charge in [-0.2, -0.15) is 13.2 Å². The van der Waals surface area contributed by atoms with Crippen molar-refractivity contribution < 1.29 is 27.4 Å². The van der Waals surface area contributed by atoms with Gasteiger partial charge in [0, 0.05) is 19.2 Å². The average Bonchev–Trinajstić information content (AvgIpc) is 3.49. The van der Waals surface area contributed by atoms with Crippen LogP contribution in [-0.4, -0.2) is 60.5 Å². The molecule has 1 aliphatic carbocycles. The van der Waals surface area contributed by atoms with Gasteiger partial charge in [-0.15, -0.1) is 10.2 Å². The van der Waals surface area contributed by atoms with Gasteiger partial charge in [-0.25, -0.2) is 0 Å². The summed E-state index contributed by atoms with van der Waals surface area (Å²) in [5.74, 6) is 2.68. The van der Waals surface area contributed by atoms with E-state index >= 15 is 0 Å². The van der Waals surface area contributed by atoms with Crippen LogP contribution in [0.4, 0.5) is 19.1 Å². The van der Waals surface area contributed by atoms with Gasteiger partial charge in [0.1, 0.15) is 11.5 Å². The number of morpholine rings is 1. The second kappa shape index (κ2) is 8.22. The second-order valence-corrected chi connectivity index (χ2v) is 8.06. The number of aromatic nitrogens is 3. The minimum absolute atomic E-state index is 0.0230. The van der Waals surface area contributed by atoms with Crippen molar-refractivity contribution in [2.45, 2.75) is 44.5 Å². The van der Waals surface area contributed by atoms with Crippen LogP contribution in [0.2, 0.25) is 0 Å². The Morgan fingerprint density at radius 1 is 1.19 bits per heavy atom. The quantitative estimate of drug-likeness (QED) is 0.651. The number of benzene rings is 1. The van der Waals surface area contributed by atoms with Gasteiger partial charge in [0.15, 0.2) is 11.4 Å². The summed E-state index contributed by atoms with van der Waals surface area (Å²) in [5, 5.41) is 8.70. The third-order valence-electron chi connectivity index (χ3n) is 6.07. The Kier molecular flexibility index (Phi) is 5.76. The molecule has 2 heterocycles. The molecule has 1 aliphatic heterocycles. The molecule has 0 radical (unpaired) electrons. The molecule has 7 nitrogen and oxygen atoms in total. The van der Waals surface area contributed by atoms with Crippen LogP contribution in [-0.2, 0) is 11.3 Å². The maximum Gasteiger partial charge on any atom is 0.419 e. The van der Waals surface area contributed by atoms with Crippen LogP contribution in [0.15, 0.2) is 18.2 Å². The fourth-order valence-electron chi connectivity index (χ4n) is 3.98. The summed E-state index contributed by atoms with van der Waals surface area (Å²) in [6.07, 6.45) is -2.46. The minimum atomic E-state index is -4.47. The molecule has 170 valence electrons. The van der Waals surface area contributed by atoms with Crippen molar-refractivity contribution in [3.63, 3.8) is 0 Å². The molecule has 2 aliphatic rings.